The van der Waals surface area contributed by atoms with Crippen molar-refractivity contribution in [3.63, 3.8) is 0 Å². The predicted octanol–water partition coefficient (Wildman–Crippen LogP) is -0.286. The van der Waals surface area contributed by atoms with Crippen LogP contribution >= 0.6 is 11.8 Å². The molecule has 1 heterocycles. The van der Waals surface area contributed by atoms with Gasteiger partial charge in [-0.25, -0.2) is 0 Å². The molecule has 0 fully saturated rings. The van der Waals surface area contributed by atoms with Crippen LogP contribution in [-0.4, -0.2) is 21.4 Å². The predicted molar refractivity (Wildman–Crippen MR) is 32.0 cm³/mol. The molecule has 0 atom stereocenters. The van der Waals surface area contributed by atoms with Crippen LogP contribution in [0.1, 0.15) is 0 Å². The van der Waals surface area contributed by atoms with E-state index in [9.17, 15) is 0 Å². The molecule has 1 rings (SSSR count). The molecule has 0 unspecified atom stereocenters. The van der Waals surface area contributed by atoms with Crippen molar-refractivity contribution in [1.29, 1.82) is 0 Å². The molecule has 0 aliphatic rings. The third kappa shape index (κ3) is 0.919. The van der Waals surface area contributed by atoms with E-state index >= 15 is 0 Å². The third-order valence-corrected chi connectivity index (χ3v) is 1.30. The van der Waals surface area contributed by atoms with Gasteiger partial charge in [0.1, 0.15) is 5.03 Å². The van der Waals surface area contributed by atoms with E-state index in [4.69, 9.17) is 5.84 Å². The Morgan fingerprint density at radius 3 is 2.88 bits per heavy atom. The molecule has 8 heavy (non-hydrogen) atoms. The highest BCUT2D eigenvalue weighted by molar-refractivity contribution is 7.98. The molecule has 0 bridgehead atoms. The summed E-state index contributed by atoms with van der Waals surface area (Å²) in [4.78, 5) is 1.19. The Morgan fingerprint density at radius 2 is 2.62 bits per heavy atom. The number of rotatable bonds is 1. The maximum atomic E-state index is 5.18. The number of nitrogens with two attached hydrogens (primary N) is 1. The number of hydrogen-bond donors (Lipinski definition) is 1. The molecule has 1 aromatic rings. The molecular formula is C3H6N4S. The van der Waals surface area contributed by atoms with Gasteiger partial charge < -0.3 is 5.84 Å². The Labute approximate surface area is 51.0 Å². The summed E-state index contributed by atoms with van der Waals surface area (Å²) in [5.41, 5.74) is 0. The van der Waals surface area contributed by atoms with Gasteiger partial charge in [0, 0.05) is 0 Å². The van der Waals surface area contributed by atoms with Gasteiger partial charge in [-0.2, -0.15) is 4.79 Å². The second kappa shape index (κ2) is 2.04. The Bertz CT molecular complexity index is 172. The van der Waals surface area contributed by atoms with E-state index in [1.54, 1.807) is 6.20 Å². The summed E-state index contributed by atoms with van der Waals surface area (Å²) in [5, 5.41) is 8.04. The number of nitrogen functional groups attached to an aromatic ring is 1. The maximum absolute atomic E-state index is 5.18. The van der Waals surface area contributed by atoms with Crippen LogP contribution in [0.3, 0.4) is 0 Å². The van der Waals surface area contributed by atoms with Gasteiger partial charge in [0.2, 0.25) is 0 Å². The number of hydrogen-bond acceptors (Lipinski definition) is 4. The first-order chi connectivity index (χ1) is 3.83. The molecule has 0 amide bonds. The first-order valence-corrected chi connectivity index (χ1v) is 3.27. The lowest BCUT2D eigenvalue weighted by molar-refractivity contribution is 0.761. The van der Waals surface area contributed by atoms with Gasteiger partial charge in [-0.05, 0) is 11.5 Å². The second-order valence-electron chi connectivity index (χ2n) is 1.24. The van der Waals surface area contributed by atoms with Crippen molar-refractivity contribution in [3.05, 3.63) is 6.20 Å². The number of aromatic nitrogens is 3. The van der Waals surface area contributed by atoms with Gasteiger partial charge in [0.05, 0.1) is 6.20 Å². The molecule has 4 nitrogen and oxygen atoms in total. The zero-order chi connectivity index (χ0) is 5.98. The molecule has 1 aromatic heterocycles. The van der Waals surface area contributed by atoms with Crippen molar-refractivity contribution >= 4 is 11.8 Å². The van der Waals surface area contributed by atoms with Crippen molar-refractivity contribution < 1.29 is 0 Å². The Hall–Kier alpha value is -0.710. The van der Waals surface area contributed by atoms with Gasteiger partial charge in [-0.1, -0.05) is 0 Å². The first kappa shape index (κ1) is 5.43. The molecule has 0 spiro atoms. The zero-order valence-electron chi connectivity index (χ0n) is 4.40. The molecule has 0 aliphatic carbocycles. The van der Waals surface area contributed by atoms with Crippen molar-refractivity contribution in [2.24, 2.45) is 0 Å². The van der Waals surface area contributed by atoms with Crippen LogP contribution in [0.15, 0.2) is 11.2 Å². The van der Waals surface area contributed by atoms with Crippen LogP contribution < -0.4 is 5.84 Å². The average molecular weight is 130 g/mol. The highest BCUT2D eigenvalue weighted by Gasteiger charge is 1.91. The standard InChI is InChI=1S/C3H6N4S/c1-8-3-2-7(4)6-5-3/h2H,4H2,1H3. The summed E-state index contributed by atoms with van der Waals surface area (Å²) in [6.07, 6.45) is 3.58. The van der Waals surface area contributed by atoms with Crippen LogP contribution in [-0.2, 0) is 0 Å². The molecule has 2 N–H and O–H groups in total. The second-order valence-corrected chi connectivity index (χ2v) is 2.07. The first-order valence-electron chi connectivity index (χ1n) is 2.04. The minimum atomic E-state index is 0.840. The fraction of sp³-hybridized carbons (Fsp3) is 0.333. The SMILES string of the molecule is CSc1cn(N)nn1. The molecule has 5 heteroatoms. The van der Waals surface area contributed by atoms with Crippen molar-refractivity contribution in [2.75, 3.05) is 12.1 Å². The van der Waals surface area contributed by atoms with Crippen molar-refractivity contribution in [3.8, 4) is 0 Å². The summed E-state index contributed by atoms with van der Waals surface area (Å²) in [5.74, 6) is 5.18. The molecule has 44 valence electrons. The van der Waals surface area contributed by atoms with Gasteiger partial charge in [0.15, 0.2) is 0 Å². The fourth-order valence-corrected chi connectivity index (χ4v) is 0.686. The lowest BCUT2D eigenvalue weighted by atomic mass is 10.9. The van der Waals surface area contributed by atoms with Crippen LogP contribution in [0.4, 0.5) is 0 Å². The number of thioether (sulfide) groups is 1. The Balaban J connectivity index is 2.84. The van der Waals surface area contributed by atoms with E-state index < -0.39 is 0 Å². The normalized spacial score (nSPS) is 9.62. The summed E-state index contributed by atoms with van der Waals surface area (Å²) < 4.78 is 0. The van der Waals surface area contributed by atoms with Gasteiger partial charge >= 0.3 is 0 Å². The molecule has 0 saturated heterocycles. The van der Waals surface area contributed by atoms with Crippen LogP contribution in [0.2, 0.25) is 0 Å². The average Bonchev–Trinajstić information content (AvgIpc) is 2.14. The molecule has 0 radical (unpaired) electrons. The summed E-state index contributed by atoms with van der Waals surface area (Å²) in [6, 6.07) is 0. The van der Waals surface area contributed by atoms with Gasteiger partial charge in [-0.15, -0.1) is 16.9 Å². The topological polar surface area (TPSA) is 56.7 Å². The summed E-state index contributed by atoms with van der Waals surface area (Å²) >= 11 is 1.52. The number of nitrogens with zero attached hydrogens (tertiary/aromatic N) is 3. The van der Waals surface area contributed by atoms with Crippen LogP contribution in [0, 0.1) is 0 Å². The minimum Gasteiger partial charge on any atom is -0.322 e. The molecule has 0 aromatic carbocycles. The Morgan fingerprint density at radius 1 is 1.88 bits per heavy atom. The van der Waals surface area contributed by atoms with E-state index in [0.29, 0.717) is 0 Å². The van der Waals surface area contributed by atoms with E-state index in [-0.39, 0.29) is 0 Å². The highest BCUT2D eigenvalue weighted by atomic mass is 32.2. The van der Waals surface area contributed by atoms with Crippen molar-refractivity contribution in [1.82, 2.24) is 15.1 Å². The minimum absolute atomic E-state index is 0.840. The van der Waals surface area contributed by atoms with Crippen LogP contribution in [0.25, 0.3) is 0 Å². The van der Waals surface area contributed by atoms with E-state index in [1.807, 2.05) is 6.26 Å². The van der Waals surface area contributed by atoms with Crippen molar-refractivity contribution in [2.45, 2.75) is 5.03 Å². The van der Waals surface area contributed by atoms with Gasteiger partial charge in [-0.3, -0.25) is 0 Å². The monoisotopic (exact) mass is 130 g/mol. The van der Waals surface area contributed by atoms with E-state index in [1.165, 1.54) is 16.6 Å². The summed E-state index contributed by atoms with van der Waals surface area (Å²) in [7, 11) is 0. The summed E-state index contributed by atoms with van der Waals surface area (Å²) in [6.45, 7) is 0. The largest absolute Gasteiger partial charge is 0.322 e. The lowest BCUT2D eigenvalue weighted by Gasteiger charge is -1.79. The lowest BCUT2D eigenvalue weighted by Crippen LogP contribution is -2.07. The zero-order valence-corrected chi connectivity index (χ0v) is 5.22. The third-order valence-electron chi connectivity index (χ3n) is 0.698. The van der Waals surface area contributed by atoms with Crippen LogP contribution in [0.5, 0.6) is 0 Å². The fourth-order valence-electron chi connectivity index (χ4n) is 0.354. The van der Waals surface area contributed by atoms with E-state index in [2.05, 4.69) is 10.3 Å². The maximum Gasteiger partial charge on any atom is 0.140 e. The quantitative estimate of drug-likeness (QED) is 0.419. The molecule has 0 aliphatic heterocycles. The molecule has 0 saturated carbocycles. The highest BCUT2D eigenvalue weighted by Crippen LogP contribution is 2.06. The van der Waals surface area contributed by atoms with Gasteiger partial charge in [0.25, 0.3) is 0 Å². The smallest absolute Gasteiger partial charge is 0.140 e. The van der Waals surface area contributed by atoms with E-state index in [0.717, 1.165) is 5.03 Å². The Kier molecular flexibility index (Phi) is 1.38. The molecular weight excluding hydrogens is 124 g/mol.